The largest absolute Gasteiger partial charge is 0.291 e. The third kappa shape index (κ3) is 4.01. The summed E-state index contributed by atoms with van der Waals surface area (Å²) in [5.41, 5.74) is 5.57. The minimum Gasteiger partial charge on any atom is -0.265 e. The van der Waals surface area contributed by atoms with Crippen molar-refractivity contribution in [3.63, 3.8) is 0 Å². The molecular formula is C25H18N4OS. The topological polar surface area (TPSA) is 59.3 Å². The summed E-state index contributed by atoms with van der Waals surface area (Å²) < 4.78 is 1.79. The third-order valence-corrected chi connectivity index (χ3v) is 5.70. The Morgan fingerprint density at radius 1 is 0.903 bits per heavy atom. The predicted molar refractivity (Wildman–Crippen MR) is 126 cm³/mol. The van der Waals surface area contributed by atoms with Crippen LogP contribution in [0.25, 0.3) is 27.7 Å². The zero-order valence-corrected chi connectivity index (χ0v) is 17.3. The number of hydrazone groups is 1. The number of amides is 1. The molecule has 1 N–H and O–H groups in total. The van der Waals surface area contributed by atoms with Crippen molar-refractivity contribution in [1.82, 2.24) is 15.2 Å². The van der Waals surface area contributed by atoms with Gasteiger partial charge in [-0.3, -0.25) is 4.79 Å². The van der Waals surface area contributed by atoms with Gasteiger partial charge in [0.15, 0.2) is 5.69 Å². The molecule has 31 heavy (non-hydrogen) atoms. The quantitative estimate of drug-likeness (QED) is 0.300. The molecule has 0 aliphatic heterocycles. The van der Waals surface area contributed by atoms with Gasteiger partial charge < -0.3 is 0 Å². The number of fused-ring (bicyclic) bond motifs is 1. The van der Waals surface area contributed by atoms with Crippen LogP contribution in [0.3, 0.4) is 0 Å². The van der Waals surface area contributed by atoms with Gasteiger partial charge in [0.25, 0.3) is 5.91 Å². The summed E-state index contributed by atoms with van der Waals surface area (Å²) in [5, 5.41) is 12.9. The lowest BCUT2D eigenvalue weighted by molar-refractivity contribution is 0.0949. The van der Waals surface area contributed by atoms with Crippen molar-refractivity contribution >= 4 is 34.2 Å². The lowest BCUT2D eigenvalue weighted by Crippen LogP contribution is -2.18. The van der Waals surface area contributed by atoms with E-state index in [4.69, 9.17) is 0 Å². The van der Waals surface area contributed by atoms with Crippen molar-refractivity contribution in [2.45, 2.75) is 0 Å². The van der Waals surface area contributed by atoms with Gasteiger partial charge in [-0.1, -0.05) is 60.7 Å². The van der Waals surface area contributed by atoms with Crippen LogP contribution in [0.4, 0.5) is 0 Å². The van der Waals surface area contributed by atoms with Gasteiger partial charge in [0.2, 0.25) is 0 Å². The molecule has 6 heteroatoms. The van der Waals surface area contributed by atoms with Gasteiger partial charge in [-0.2, -0.15) is 10.2 Å². The number of carbonyl (C=O) groups is 1. The molecule has 3 aromatic carbocycles. The molecular weight excluding hydrogens is 404 g/mol. The second-order valence-corrected chi connectivity index (χ2v) is 7.92. The summed E-state index contributed by atoms with van der Waals surface area (Å²) in [6.07, 6.45) is 1.63. The summed E-state index contributed by atoms with van der Waals surface area (Å²) in [5.74, 6) is -0.357. The molecule has 1 amide bonds. The van der Waals surface area contributed by atoms with Crippen LogP contribution in [-0.4, -0.2) is 21.9 Å². The number of benzene rings is 3. The zero-order valence-electron chi connectivity index (χ0n) is 16.5. The highest BCUT2D eigenvalue weighted by molar-refractivity contribution is 7.11. The van der Waals surface area contributed by atoms with E-state index in [0.29, 0.717) is 5.69 Å². The molecule has 150 valence electrons. The van der Waals surface area contributed by atoms with Crippen LogP contribution in [-0.2, 0) is 0 Å². The fourth-order valence-corrected chi connectivity index (χ4v) is 3.97. The van der Waals surface area contributed by atoms with Crippen LogP contribution >= 0.6 is 11.3 Å². The standard InChI is InChI=1S/C25H18N4OS/c30-25(27-26-17-22-11-6-14-31-22)23-16-24(29(28-23)21-9-2-1-3-10-21)20-13-12-18-7-4-5-8-19(18)15-20/h1-17H,(H,27,30)/b26-17-. The first kappa shape index (κ1) is 19.0. The van der Waals surface area contributed by atoms with Gasteiger partial charge in [0.05, 0.1) is 17.6 Å². The molecule has 0 aliphatic rings. The molecule has 2 heterocycles. The number of nitrogens with one attached hydrogen (secondary N) is 1. The molecule has 0 fully saturated rings. The first-order chi connectivity index (χ1) is 15.3. The lowest BCUT2D eigenvalue weighted by atomic mass is 10.0. The summed E-state index contributed by atoms with van der Waals surface area (Å²) in [6, 6.07) is 29.9. The third-order valence-electron chi connectivity index (χ3n) is 4.89. The van der Waals surface area contributed by atoms with Crippen LogP contribution in [0.2, 0.25) is 0 Å². The predicted octanol–water partition coefficient (Wildman–Crippen LogP) is 5.52. The first-order valence-corrected chi connectivity index (χ1v) is 10.7. The van der Waals surface area contributed by atoms with Crippen LogP contribution in [0.1, 0.15) is 15.4 Å². The van der Waals surface area contributed by atoms with E-state index < -0.39 is 0 Å². The Labute approximate surface area is 183 Å². The van der Waals surface area contributed by atoms with E-state index in [2.05, 4.69) is 46.0 Å². The van der Waals surface area contributed by atoms with Crippen molar-refractivity contribution in [2.24, 2.45) is 5.10 Å². The fraction of sp³-hybridized carbons (Fsp3) is 0. The highest BCUT2D eigenvalue weighted by Gasteiger charge is 2.17. The van der Waals surface area contributed by atoms with E-state index in [0.717, 1.165) is 32.6 Å². The maximum atomic E-state index is 12.7. The van der Waals surface area contributed by atoms with Gasteiger partial charge in [-0.25, -0.2) is 10.1 Å². The van der Waals surface area contributed by atoms with Crippen molar-refractivity contribution in [2.75, 3.05) is 0 Å². The number of para-hydroxylation sites is 1. The second kappa shape index (κ2) is 8.38. The van der Waals surface area contributed by atoms with Crippen molar-refractivity contribution in [3.05, 3.63) is 107 Å². The SMILES string of the molecule is O=C(N/N=C\c1cccs1)c1cc(-c2ccc3ccccc3c2)n(-c2ccccc2)n1. The monoisotopic (exact) mass is 422 g/mol. The van der Waals surface area contributed by atoms with E-state index in [9.17, 15) is 4.79 Å². The lowest BCUT2D eigenvalue weighted by Gasteiger charge is -2.08. The maximum Gasteiger partial charge on any atom is 0.291 e. The normalized spacial score (nSPS) is 11.2. The molecule has 0 spiro atoms. The number of nitrogens with zero attached hydrogens (tertiary/aromatic N) is 3. The Hall–Kier alpha value is -4.03. The van der Waals surface area contributed by atoms with Gasteiger partial charge in [-0.15, -0.1) is 11.3 Å². The minimum atomic E-state index is -0.357. The second-order valence-electron chi connectivity index (χ2n) is 6.94. The summed E-state index contributed by atoms with van der Waals surface area (Å²) in [6.45, 7) is 0. The Balaban J connectivity index is 1.53. The average Bonchev–Trinajstić information content (AvgIpc) is 3.50. The number of carbonyl (C=O) groups excluding carboxylic acids is 1. The van der Waals surface area contributed by atoms with Crippen LogP contribution < -0.4 is 5.43 Å². The highest BCUT2D eigenvalue weighted by atomic mass is 32.1. The Kier molecular flexibility index (Phi) is 5.12. The molecule has 5 aromatic rings. The maximum absolute atomic E-state index is 12.7. The van der Waals surface area contributed by atoms with E-state index in [-0.39, 0.29) is 5.91 Å². The molecule has 0 aliphatic carbocycles. The summed E-state index contributed by atoms with van der Waals surface area (Å²) >= 11 is 1.55. The molecule has 0 saturated heterocycles. The summed E-state index contributed by atoms with van der Waals surface area (Å²) in [4.78, 5) is 13.7. The van der Waals surface area contributed by atoms with E-state index in [1.54, 1.807) is 28.3 Å². The van der Waals surface area contributed by atoms with Crippen LogP contribution in [0, 0.1) is 0 Å². The number of aromatic nitrogens is 2. The number of rotatable bonds is 5. The van der Waals surface area contributed by atoms with Crippen LogP contribution in [0.15, 0.2) is 101 Å². The molecule has 2 aromatic heterocycles. The van der Waals surface area contributed by atoms with E-state index in [1.807, 2.05) is 60.0 Å². The molecule has 0 unspecified atom stereocenters. The van der Waals surface area contributed by atoms with Crippen LogP contribution in [0.5, 0.6) is 0 Å². The number of hydrogen-bond donors (Lipinski definition) is 1. The molecule has 0 saturated carbocycles. The van der Waals surface area contributed by atoms with Crippen molar-refractivity contribution in [3.8, 4) is 16.9 Å². The van der Waals surface area contributed by atoms with E-state index >= 15 is 0 Å². The van der Waals surface area contributed by atoms with Crippen molar-refractivity contribution < 1.29 is 4.79 Å². The van der Waals surface area contributed by atoms with Gasteiger partial charge in [-0.05, 0) is 46.5 Å². The number of thiophene rings is 1. The minimum absolute atomic E-state index is 0.301. The first-order valence-electron chi connectivity index (χ1n) is 9.79. The van der Waals surface area contributed by atoms with Gasteiger partial charge in [0.1, 0.15) is 0 Å². The molecule has 0 atom stereocenters. The average molecular weight is 423 g/mol. The van der Waals surface area contributed by atoms with Gasteiger partial charge >= 0.3 is 0 Å². The van der Waals surface area contributed by atoms with Crippen molar-refractivity contribution in [1.29, 1.82) is 0 Å². The van der Waals surface area contributed by atoms with Gasteiger partial charge in [0, 0.05) is 10.4 Å². The molecule has 0 radical (unpaired) electrons. The highest BCUT2D eigenvalue weighted by Crippen LogP contribution is 2.27. The zero-order chi connectivity index (χ0) is 21.0. The smallest absolute Gasteiger partial charge is 0.265 e. The Bertz CT molecular complexity index is 1370. The fourth-order valence-electron chi connectivity index (χ4n) is 3.39. The van der Waals surface area contributed by atoms with E-state index in [1.165, 1.54) is 0 Å². The molecule has 5 rings (SSSR count). The Morgan fingerprint density at radius 2 is 1.71 bits per heavy atom. The Morgan fingerprint density at radius 3 is 2.52 bits per heavy atom. The number of hydrogen-bond acceptors (Lipinski definition) is 4. The molecule has 5 nitrogen and oxygen atoms in total. The molecule has 0 bridgehead atoms. The summed E-state index contributed by atoms with van der Waals surface area (Å²) in [7, 11) is 0.